The average molecular weight is 288 g/mol. The molecule has 0 radical (unpaired) electrons. The minimum absolute atomic E-state index is 0.468. The van der Waals surface area contributed by atoms with Crippen LogP contribution in [0.1, 0.15) is 11.3 Å². The van der Waals surface area contributed by atoms with Gasteiger partial charge in [0.05, 0.1) is 0 Å². The molecule has 17 heavy (non-hydrogen) atoms. The predicted molar refractivity (Wildman–Crippen MR) is 70.4 cm³/mol. The van der Waals surface area contributed by atoms with Gasteiger partial charge in [0.1, 0.15) is 11.8 Å². The van der Waals surface area contributed by atoms with Crippen LogP contribution in [0, 0.1) is 11.3 Å². The van der Waals surface area contributed by atoms with Crippen molar-refractivity contribution in [2.75, 3.05) is 5.32 Å². The predicted octanol–water partition coefficient (Wildman–Crippen LogP) is 3.33. The summed E-state index contributed by atoms with van der Waals surface area (Å²) in [5.74, 6) is 0. The van der Waals surface area contributed by atoms with E-state index in [9.17, 15) is 0 Å². The van der Waals surface area contributed by atoms with Crippen molar-refractivity contribution in [3.8, 4) is 6.07 Å². The van der Waals surface area contributed by atoms with Crippen LogP contribution in [0.2, 0.25) is 0 Å². The number of pyridine rings is 1. The molecule has 0 fully saturated rings. The lowest BCUT2D eigenvalue weighted by Crippen LogP contribution is -2.02. The van der Waals surface area contributed by atoms with Crippen molar-refractivity contribution < 1.29 is 0 Å². The van der Waals surface area contributed by atoms with Gasteiger partial charge in [0.2, 0.25) is 0 Å². The third-order valence-corrected chi connectivity index (χ3v) is 2.80. The first-order chi connectivity index (χ1) is 8.29. The van der Waals surface area contributed by atoms with Gasteiger partial charge in [-0.05, 0) is 24.3 Å². The van der Waals surface area contributed by atoms with Gasteiger partial charge < -0.3 is 5.32 Å². The summed E-state index contributed by atoms with van der Waals surface area (Å²) in [5.41, 5.74) is 2.37. The van der Waals surface area contributed by atoms with Crippen molar-refractivity contribution in [2.45, 2.75) is 6.54 Å². The number of nitrogens with zero attached hydrogens (tertiary/aromatic N) is 2. The van der Waals surface area contributed by atoms with E-state index < -0.39 is 0 Å². The highest BCUT2D eigenvalue weighted by Gasteiger charge is 2.01. The van der Waals surface area contributed by atoms with E-state index in [0.717, 1.165) is 15.7 Å². The van der Waals surface area contributed by atoms with E-state index in [4.69, 9.17) is 5.26 Å². The molecular weight excluding hydrogens is 278 g/mol. The molecule has 1 aromatic heterocycles. The van der Waals surface area contributed by atoms with E-state index in [2.05, 4.69) is 32.3 Å². The highest BCUT2D eigenvalue weighted by Crippen LogP contribution is 2.16. The molecule has 1 aromatic carbocycles. The summed E-state index contributed by atoms with van der Waals surface area (Å²) in [4.78, 5) is 4.02. The highest BCUT2D eigenvalue weighted by molar-refractivity contribution is 9.10. The van der Waals surface area contributed by atoms with Gasteiger partial charge in [-0.2, -0.15) is 5.26 Å². The fourth-order valence-electron chi connectivity index (χ4n) is 1.48. The molecule has 0 saturated carbocycles. The van der Waals surface area contributed by atoms with Gasteiger partial charge in [0.25, 0.3) is 0 Å². The minimum Gasteiger partial charge on any atom is -0.381 e. The van der Waals surface area contributed by atoms with Crippen LogP contribution >= 0.6 is 15.9 Å². The van der Waals surface area contributed by atoms with Crippen molar-refractivity contribution in [3.63, 3.8) is 0 Å². The van der Waals surface area contributed by atoms with Crippen LogP contribution < -0.4 is 5.32 Å². The summed E-state index contributed by atoms with van der Waals surface area (Å²) >= 11 is 3.41. The van der Waals surface area contributed by atoms with Crippen LogP contribution in [-0.2, 0) is 6.54 Å². The summed E-state index contributed by atoms with van der Waals surface area (Å²) in [6.07, 6.45) is 1.63. The van der Waals surface area contributed by atoms with Crippen molar-refractivity contribution in [3.05, 3.63) is 58.3 Å². The summed E-state index contributed by atoms with van der Waals surface area (Å²) < 4.78 is 1.02. The van der Waals surface area contributed by atoms with Gasteiger partial charge in [-0.3, -0.25) is 0 Å². The SMILES string of the molecule is N#Cc1ncccc1CNc1cccc(Br)c1. The van der Waals surface area contributed by atoms with Gasteiger partial charge in [0.15, 0.2) is 0 Å². The molecule has 0 atom stereocenters. The molecule has 0 aliphatic heterocycles. The van der Waals surface area contributed by atoms with E-state index in [-0.39, 0.29) is 0 Å². The van der Waals surface area contributed by atoms with E-state index in [1.807, 2.05) is 36.4 Å². The number of hydrogen-bond acceptors (Lipinski definition) is 3. The lowest BCUT2D eigenvalue weighted by Gasteiger charge is -2.07. The van der Waals surface area contributed by atoms with E-state index in [0.29, 0.717) is 12.2 Å². The second kappa shape index (κ2) is 5.46. The van der Waals surface area contributed by atoms with Crippen molar-refractivity contribution in [1.82, 2.24) is 4.98 Å². The average Bonchev–Trinajstić information content (AvgIpc) is 2.37. The normalized spacial score (nSPS) is 9.65. The zero-order valence-corrected chi connectivity index (χ0v) is 10.6. The lowest BCUT2D eigenvalue weighted by atomic mass is 10.2. The zero-order valence-electron chi connectivity index (χ0n) is 9.02. The third kappa shape index (κ3) is 3.05. The molecule has 0 aliphatic carbocycles. The second-order valence-corrected chi connectivity index (χ2v) is 4.40. The van der Waals surface area contributed by atoms with E-state index in [1.165, 1.54) is 0 Å². The minimum atomic E-state index is 0.468. The molecule has 1 heterocycles. The first kappa shape index (κ1) is 11.6. The number of rotatable bonds is 3. The van der Waals surface area contributed by atoms with Gasteiger partial charge in [-0.15, -0.1) is 0 Å². The number of nitriles is 1. The quantitative estimate of drug-likeness (QED) is 0.942. The molecule has 1 N–H and O–H groups in total. The molecule has 3 nitrogen and oxygen atoms in total. The number of anilines is 1. The van der Waals surface area contributed by atoms with Crippen LogP contribution in [-0.4, -0.2) is 4.98 Å². The van der Waals surface area contributed by atoms with Gasteiger partial charge in [0, 0.05) is 28.5 Å². The Labute approximate surface area is 108 Å². The monoisotopic (exact) mass is 287 g/mol. The van der Waals surface area contributed by atoms with Crippen molar-refractivity contribution in [1.29, 1.82) is 5.26 Å². The Hall–Kier alpha value is -1.86. The molecule has 0 amide bonds. The van der Waals surface area contributed by atoms with Crippen LogP contribution in [0.3, 0.4) is 0 Å². The largest absolute Gasteiger partial charge is 0.381 e. The molecule has 0 bridgehead atoms. The van der Waals surface area contributed by atoms with Crippen LogP contribution in [0.15, 0.2) is 47.1 Å². The first-order valence-corrected chi connectivity index (χ1v) is 5.92. The number of hydrogen-bond donors (Lipinski definition) is 1. The molecule has 2 rings (SSSR count). The topological polar surface area (TPSA) is 48.7 Å². The molecule has 0 spiro atoms. The summed E-state index contributed by atoms with van der Waals surface area (Å²) in [6, 6.07) is 13.7. The molecule has 2 aromatic rings. The fraction of sp³-hybridized carbons (Fsp3) is 0.0769. The van der Waals surface area contributed by atoms with E-state index >= 15 is 0 Å². The highest BCUT2D eigenvalue weighted by atomic mass is 79.9. The molecule has 0 saturated heterocycles. The van der Waals surface area contributed by atoms with Gasteiger partial charge in [-0.25, -0.2) is 4.98 Å². The van der Waals surface area contributed by atoms with E-state index in [1.54, 1.807) is 6.20 Å². The van der Waals surface area contributed by atoms with Crippen LogP contribution in [0.5, 0.6) is 0 Å². The summed E-state index contributed by atoms with van der Waals surface area (Å²) in [7, 11) is 0. The van der Waals surface area contributed by atoms with Gasteiger partial charge in [-0.1, -0.05) is 28.1 Å². The standard InChI is InChI=1S/C13H10BrN3/c14-11-4-1-5-12(7-11)17-9-10-3-2-6-16-13(10)8-15/h1-7,17H,9H2. The molecule has 0 unspecified atom stereocenters. The lowest BCUT2D eigenvalue weighted by molar-refractivity contribution is 1.09. The maximum absolute atomic E-state index is 8.91. The Morgan fingerprint density at radius 1 is 1.29 bits per heavy atom. The molecular formula is C13H10BrN3. The van der Waals surface area contributed by atoms with Crippen LogP contribution in [0.4, 0.5) is 5.69 Å². The molecule has 84 valence electrons. The Balaban J connectivity index is 2.10. The number of benzene rings is 1. The summed E-state index contributed by atoms with van der Waals surface area (Å²) in [5, 5.41) is 12.2. The number of aromatic nitrogens is 1. The zero-order chi connectivity index (χ0) is 12.1. The van der Waals surface area contributed by atoms with Crippen molar-refractivity contribution >= 4 is 21.6 Å². The number of halogens is 1. The third-order valence-electron chi connectivity index (χ3n) is 2.30. The Morgan fingerprint density at radius 3 is 2.94 bits per heavy atom. The first-order valence-electron chi connectivity index (χ1n) is 5.13. The smallest absolute Gasteiger partial charge is 0.145 e. The maximum Gasteiger partial charge on any atom is 0.145 e. The maximum atomic E-state index is 8.91. The Morgan fingerprint density at radius 2 is 2.18 bits per heavy atom. The Bertz CT molecular complexity index is 561. The molecule has 4 heteroatoms. The fourth-order valence-corrected chi connectivity index (χ4v) is 1.88. The van der Waals surface area contributed by atoms with Gasteiger partial charge >= 0.3 is 0 Å². The second-order valence-electron chi connectivity index (χ2n) is 3.49. The summed E-state index contributed by atoms with van der Waals surface area (Å²) in [6.45, 7) is 0.590. The van der Waals surface area contributed by atoms with Crippen LogP contribution in [0.25, 0.3) is 0 Å². The van der Waals surface area contributed by atoms with Crippen molar-refractivity contribution in [2.24, 2.45) is 0 Å². The molecule has 0 aliphatic rings. The number of nitrogens with one attached hydrogen (secondary N) is 1. The Kier molecular flexibility index (Phi) is 3.73.